The fourth-order valence-corrected chi connectivity index (χ4v) is 2.01. The average molecular weight is 244 g/mol. The summed E-state index contributed by atoms with van der Waals surface area (Å²) >= 11 is 1.12. The van der Waals surface area contributed by atoms with Crippen LogP contribution in [0.4, 0.5) is 0 Å². The molecule has 0 bridgehead atoms. The first-order valence-electron chi connectivity index (χ1n) is 5.08. The summed E-state index contributed by atoms with van der Waals surface area (Å²) in [5.74, 6) is -0.992. The van der Waals surface area contributed by atoms with Crippen LogP contribution < -0.4 is 5.32 Å². The van der Waals surface area contributed by atoms with Gasteiger partial charge in [0.05, 0.1) is 11.8 Å². The summed E-state index contributed by atoms with van der Waals surface area (Å²) in [7, 11) is 0. The second-order valence-electron chi connectivity index (χ2n) is 3.82. The predicted octanol–water partition coefficient (Wildman–Crippen LogP) is 1.09. The molecule has 0 spiro atoms. The number of aliphatic hydroxyl groups is 1. The van der Waals surface area contributed by atoms with E-state index in [1.165, 1.54) is 0 Å². The van der Waals surface area contributed by atoms with E-state index in [0.29, 0.717) is 13.0 Å². The molecule has 3 N–H and O–H groups in total. The average Bonchev–Trinajstić information content (AvgIpc) is 2.61. The van der Waals surface area contributed by atoms with Gasteiger partial charge in [-0.05, 0) is 20.3 Å². The molecule has 0 radical (unpaired) electrons. The minimum Gasteiger partial charge on any atom is -0.476 e. The second-order valence-corrected chi connectivity index (χ2v) is 4.67. The summed E-state index contributed by atoms with van der Waals surface area (Å²) in [6, 6.07) is 0.176. The van der Waals surface area contributed by atoms with Gasteiger partial charge in [-0.2, -0.15) is 0 Å². The molecule has 1 aromatic rings. The molecule has 0 aliphatic carbocycles. The molecule has 1 aromatic heterocycles. The molecule has 0 aromatic carbocycles. The van der Waals surface area contributed by atoms with Gasteiger partial charge in [-0.1, -0.05) is 0 Å². The van der Waals surface area contributed by atoms with Crippen molar-refractivity contribution in [3.8, 4) is 0 Å². The van der Waals surface area contributed by atoms with Gasteiger partial charge in [0.2, 0.25) is 5.01 Å². The number of carboxylic acid groups (broad SMARTS) is 1. The molecule has 5 nitrogen and oxygen atoms in total. The molecule has 16 heavy (non-hydrogen) atoms. The number of carboxylic acids is 1. The van der Waals surface area contributed by atoms with E-state index >= 15 is 0 Å². The topological polar surface area (TPSA) is 82.5 Å². The molecule has 2 unspecified atom stereocenters. The Morgan fingerprint density at radius 3 is 2.81 bits per heavy atom. The molecule has 2 atom stereocenters. The fraction of sp³-hybridized carbons (Fsp3) is 0.600. The van der Waals surface area contributed by atoms with Crippen molar-refractivity contribution < 1.29 is 15.0 Å². The summed E-state index contributed by atoms with van der Waals surface area (Å²) in [5, 5.41) is 22.9. The normalized spacial score (nSPS) is 14.7. The number of hydrogen-bond acceptors (Lipinski definition) is 5. The van der Waals surface area contributed by atoms with Gasteiger partial charge < -0.3 is 15.5 Å². The zero-order chi connectivity index (χ0) is 12.1. The Bertz CT molecular complexity index is 352. The van der Waals surface area contributed by atoms with Crippen molar-refractivity contribution in [2.45, 2.75) is 39.0 Å². The number of aliphatic hydroxyl groups excluding tert-OH is 1. The minimum absolute atomic E-state index is 0.111. The Morgan fingerprint density at radius 2 is 2.31 bits per heavy atom. The fourth-order valence-electron chi connectivity index (χ4n) is 1.36. The number of rotatable bonds is 6. The Morgan fingerprint density at radius 1 is 1.62 bits per heavy atom. The van der Waals surface area contributed by atoms with E-state index in [9.17, 15) is 4.79 Å². The SMILES string of the molecule is CC(O)CC(C)NCc1csc(C(=O)O)n1. The molecule has 0 aliphatic rings. The second kappa shape index (κ2) is 5.93. The van der Waals surface area contributed by atoms with Crippen LogP contribution in [0.3, 0.4) is 0 Å². The lowest BCUT2D eigenvalue weighted by Crippen LogP contribution is -2.28. The zero-order valence-corrected chi connectivity index (χ0v) is 10.1. The molecule has 6 heteroatoms. The van der Waals surface area contributed by atoms with Crippen molar-refractivity contribution in [3.05, 3.63) is 16.1 Å². The highest BCUT2D eigenvalue weighted by molar-refractivity contribution is 7.11. The molecule has 90 valence electrons. The number of aromatic nitrogens is 1. The summed E-state index contributed by atoms with van der Waals surface area (Å²) < 4.78 is 0. The van der Waals surface area contributed by atoms with Crippen LogP contribution in [0.2, 0.25) is 0 Å². The summed E-state index contributed by atoms with van der Waals surface area (Å²) in [6.07, 6.45) is 0.322. The molecule has 0 aliphatic heterocycles. The van der Waals surface area contributed by atoms with Crippen LogP contribution in [0.25, 0.3) is 0 Å². The molecule has 0 amide bonds. The van der Waals surface area contributed by atoms with Gasteiger partial charge in [0, 0.05) is 18.0 Å². The third-order valence-electron chi connectivity index (χ3n) is 2.06. The van der Waals surface area contributed by atoms with Crippen molar-refractivity contribution >= 4 is 17.3 Å². The maximum atomic E-state index is 10.6. The smallest absolute Gasteiger partial charge is 0.365 e. The lowest BCUT2D eigenvalue weighted by atomic mass is 10.1. The maximum absolute atomic E-state index is 10.6. The van der Waals surface area contributed by atoms with Gasteiger partial charge in [-0.3, -0.25) is 0 Å². The van der Waals surface area contributed by atoms with E-state index in [4.69, 9.17) is 10.2 Å². The van der Waals surface area contributed by atoms with Crippen LogP contribution in [0.1, 0.15) is 35.8 Å². The van der Waals surface area contributed by atoms with E-state index in [0.717, 1.165) is 17.0 Å². The first kappa shape index (κ1) is 13.1. The first-order valence-corrected chi connectivity index (χ1v) is 5.96. The number of nitrogens with one attached hydrogen (secondary N) is 1. The van der Waals surface area contributed by atoms with Crippen molar-refractivity contribution in [1.82, 2.24) is 10.3 Å². The Kier molecular flexibility index (Phi) is 4.85. The summed E-state index contributed by atoms with van der Waals surface area (Å²) in [6.45, 7) is 4.23. The monoisotopic (exact) mass is 244 g/mol. The van der Waals surface area contributed by atoms with Crippen LogP contribution in [0.5, 0.6) is 0 Å². The van der Waals surface area contributed by atoms with E-state index in [1.807, 2.05) is 6.92 Å². The third-order valence-corrected chi connectivity index (χ3v) is 2.94. The van der Waals surface area contributed by atoms with Gasteiger partial charge in [-0.15, -0.1) is 11.3 Å². The molecule has 0 saturated heterocycles. The van der Waals surface area contributed by atoms with Gasteiger partial charge in [0.1, 0.15) is 0 Å². The van der Waals surface area contributed by atoms with Crippen LogP contribution in [-0.4, -0.2) is 33.3 Å². The van der Waals surface area contributed by atoms with Gasteiger partial charge in [0.15, 0.2) is 0 Å². The maximum Gasteiger partial charge on any atom is 0.365 e. The van der Waals surface area contributed by atoms with Crippen LogP contribution in [0.15, 0.2) is 5.38 Å². The molecular formula is C10H16N2O3S. The summed E-state index contributed by atoms with van der Waals surface area (Å²) in [4.78, 5) is 14.5. The molecule has 0 saturated carbocycles. The van der Waals surface area contributed by atoms with Crippen molar-refractivity contribution in [2.75, 3.05) is 0 Å². The first-order chi connectivity index (χ1) is 7.49. The molecular weight excluding hydrogens is 228 g/mol. The number of nitrogens with zero attached hydrogens (tertiary/aromatic N) is 1. The number of thiazole rings is 1. The van der Waals surface area contributed by atoms with Gasteiger partial charge in [0.25, 0.3) is 0 Å². The molecule has 1 rings (SSSR count). The zero-order valence-electron chi connectivity index (χ0n) is 9.30. The predicted molar refractivity (Wildman–Crippen MR) is 61.7 cm³/mol. The Balaban J connectivity index is 2.39. The third kappa shape index (κ3) is 4.26. The largest absolute Gasteiger partial charge is 0.476 e. The number of carbonyl (C=O) groups is 1. The quantitative estimate of drug-likeness (QED) is 0.697. The lowest BCUT2D eigenvalue weighted by molar-refractivity contribution is 0.0696. The van der Waals surface area contributed by atoms with E-state index in [-0.39, 0.29) is 17.2 Å². The van der Waals surface area contributed by atoms with Crippen LogP contribution in [-0.2, 0) is 6.54 Å². The lowest BCUT2D eigenvalue weighted by Gasteiger charge is -2.14. The van der Waals surface area contributed by atoms with Crippen molar-refractivity contribution in [1.29, 1.82) is 0 Å². The minimum atomic E-state index is -0.992. The highest BCUT2D eigenvalue weighted by Gasteiger charge is 2.10. The summed E-state index contributed by atoms with van der Waals surface area (Å²) in [5.41, 5.74) is 0.722. The number of aromatic carboxylic acids is 1. The molecule has 1 heterocycles. The van der Waals surface area contributed by atoms with Crippen LogP contribution in [0, 0.1) is 0 Å². The Hall–Kier alpha value is -0.980. The van der Waals surface area contributed by atoms with E-state index in [2.05, 4.69) is 10.3 Å². The highest BCUT2D eigenvalue weighted by atomic mass is 32.1. The van der Waals surface area contributed by atoms with Gasteiger partial charge >= 0.3 is 5.97 Å². The van der Waals surface area contributed by atoms with E-state index in [1.54, 1.807) is 12.3 Å². The Labute approximate surface area is 98.1 Å². The van der Waals surface area contributed by atoms with Crippen LogP contribution >= 0.6 is 11.3 Å². The van der Waals surface area contributed by atoms with Gasteiger partial charge in [-0.25, -0.2) is 9.78 Å². The number of hydrogen-bond donors (Lipinski definition) is 3. The molecule has 0 fully saturated rings. The standard InChI is InChI=1S/C10H16N2O3S/c1-6(3-7(2)13)11-4-8-5-16-9(12-8)10(14)15/h5-7,11,13H,3-4H2,1-2H3,(H,14,15). The van der Waals surface area contributed by atoms with E-state index < -0.39 is 5.97 Å². The highest BCUT2D eigenvalue weighted by Crippen LogP contribution is 2.09. The van der Waals surface area contributed by atoms with Crippen molar-refractivity contribution in [2.24, 2.45) is 0 Å². The van der Waals surface area contributed by atoms with Crippen molar-refractivity contribution in [3.63, 3.8) is 0 Å².